The number of hydrogen-bond acceptors (Lipinski definition) is 1. The minimum absolute atomic E-state index is 0.548. The van der Waals surface area contributed by atoms with Crippen LogP contribution in [0.2, 0.25) is 0 Å². The molecular weight excluding hydrogens is 207 g/mol. The highest BCUT2D eigenvalue weighted by Crippen LogP contribution is 2.57. The van der Waals surface area contributed by atoms with Crippen molar-refractivity contribution in [2.24, 2.45) is 9.03 Å². The molecule has 74 valence electrons. The van der Waals surface area contributed by atoms with Gasteiger partial charge >= 0.3 is 0 Å². The van der Waals surface area contributed by atoms with Crippen molar-refractivity contribution < 1.29 is 0 Å². The molecule has 0 heterocycles. The van der Waals surface area contributed by atoms with Gasteiger partial charge in [-0.3, -0.25) is 9.68 Å². The van der Waals surface area contributed by atoms with Crippen LogP contribution in [0.25, 0.3) is 0 Å². The molecule has 0 bridgehead atoms. The first-order valence-electron chi connectivity index (χ1n) is 3.84. The highest BCUT2D eigenvalue weighted by Gasteiger charge is 2.06. The van der Waals surface area contributed by atoms with Crippen LogP contribution in [0.4, 0.5) is 0 Å². The second-order valence-electron chi connectivity index (χ2n) is 3.87. The van der Waals surface area contributed by atoms with Crippen LogP contribution in [0.3, 0.4) is 0 Å². The summed E-state index contributed by atoms with van der Waals surface area (Å²) in [4.78, 5) is 0. The Labute approximate surface area is 76.9 Å². The topological polar surface area (TPSA) is 48.6 Å². The summed E-state index contributed by atoms with van der Waals surface area (Å²) in [5, 5.41) is 7.76. The van der Waals surface area contributed by atoms with Crippen molar-refractivity contribution in [3.05, 3.63) is 0 Å². The van der Waals surface area contributed by atoms with Crippen LogP contribution in [0.5, 0.6) is 0 Å². The molecule has 0 aliphatic rings. The molecule has 1 N–H and O–H groups in total. The molecule has 0 aromatic carbocycles. The fraction of sp³-hybridized carbons (Fsp3) is 1.00. The predicted molar refractivity (Wildman–Crippen MR) is 65.3 cm³/mol. The Kier molecular flexibility index (Phi) is 4.51. The van der Waals surface area contributed by atoms with Gasteiger partial charge in [0.25, 0.3) is 0 Å². The van der Waals surface area contributed by atoms with E-state index in [1.54, 1.807) is 0 Å². The number of hydrogen-bond donors (Lipinski definition) is 1. The third kappa shape index (κ3) is 7.35. The van der Waals surface area contributed by atoms with Gasteiger partial charge in [-0.25, -0.2) is 4.52 Å². The molecule has 0 radical (unpaired) electrons. The van der Waals surface area contributed by atoms with E-state index < -0.39 is 22.1 Å². The Bertz CT molecular complexity index is 276. The van der Waals surface area contributed by atoms with Crippen molar-refractivity contribution in [2.75, 3.05) is 40.0 Å². The maximum absolute atomic E-state index is 7.76. The molecule has 3 nitrogen and oxygen atoms in total. The van der Waals surface area contributed by atoms with E-state index in [1.165, 1.54) is 0 Å². The molecule has 6 heteroatoms. The summed E-state index contributed by atoms with van der Waals surface area (Å²) < 4.78 is 9.18. The van der Waals surface area contributed by atoms with Crippen LogP contribution < -0.4 is 0 Å². The smallest absolute Gasteiger partial charge is 0.0723 e. The van der Waals surface area contributed by atoms with E-state index in [1.807, 2.05) is 13.3 Å². The van der Waals surface area contributed by atoms with Crippen molar-refractivity contribution in [1.82, 2.24) is 0 Å². The van der Waals surface area contributed by atoms with Crippen molar-refractivity contribution >= 4 is 22.1 Å². The van der Waals surface area contributed by atoms with Crippen LogP contribution in [0.1, 0.15) is 0 Å². The minimum Gasteiger partial charge on any atom is -0.297 e. The molecule has 0 aromatic rings. The Morgan fingerprint density at radius 3 is 1.75 bits per heavy atom. The third-order valence-corrected chi connectivity index (χ3v) is 7.98. The predicted octanol–water partition coefficient (Wildman–Crippen LogP) is 3.97. The van der Waals surface area contributed by atoms with Crippen LogP contribution in [-0.4, -0.2) is 40.0 Å². The average molecular weight is 227 g/mol. The van der Waals surface area contributed by atoms with E-state index in [2.05, 4.69) is 35.7 Å². The lowest BCUT2D eigenvalue weighted by Crippen LogP contribution is -1.71. The van der Waals surface area contributed by atoms with Gasteiger partial charge < -0.3 is 0 Å². The summed E-state index contributed by atoms with van der Waals surface area (Å²) >= 11 is 0. The quantitative estimate of drug-likeness (QED) is 0.694. The van der Waals surface area contributed by atoms with Crippen molar-refractivity contribution in [3.8, 4) is 0 Å². The van der Waals surface area contributed by atoms with Gasteiger partial charge in [-0.1, -0.05) is 0 Å². The zero-order valence-electron chi connectivity index (χ0n) is 8.79. The molecule has 0 amide bonds. The number of nitrogens with zero attached hydrogens (tertiary/aromatic N) is 2. The average Bonchev–Trinajstić information content (AvgIpc) is 1.48. The van der Waals surface area contributed by atoms with Gasteiger partial charge in [-0.2, -0.15) is 0 Å². The first-order chi connectivity index (χ1) is 5.12. The summed E-state index contributed by atoms with van der Waals surface area (Å²) in [7, 11) is -3.76. The highest BCUT2D eigenvalue weighted by atomic mass is 31.2. The first-order valence-corrected chi connectivity index (χ1v) is 11.5. The molecule has 0 atom stereocenters. The fourth-order valence-electron chi connectivity index (χ4n) is 1.06. The van der Waals surface area contributed by atoms with E-state index in [9.17, 15) is 0 Å². The zero-order chi connectivity index (χ0) is 9.99. The second kappa shape index (κ2) is 4.27. The largest absolute Gasteiger partial charge is 0.297 e. The highest BCUT2D eigenvalue weighted by molar-refractivity contribution is 7.76. The maximum Gasteiger partial charge on any atom is 0.0723 e. The second-order valence-corrected chi connectivity index (χ2v) is 12.7. The van der Waals surface area contributed by atoms with Gasteiger partial charge in [0.05, 0.1) is 14.4 Å². The van der Waals surface area contributed by atoms with Crippen LogP contribution in [0, 0.1) is 5.16 Å². The van der Waals surface area contributed by atoms with E-state index in [0.29, 0.717) is 0 Å². The lowest BCUT2D eigenvalue weighted by molar-refractivity contribution is 1.54. The monoisotopic (exact) mass is 227 g/mol. The lowest BCUT2D eigenvalue weighted by atomic mass is 11.9. The Morgan fingerprint density at radius 2 is 1.50 bits per heavy atom. The van der Waals surface area contributed by atoms with Gasteiger partial charge in [-0.15, -0.1) is 0 Å². The Balaban J connectivity index is 4.99. The Hall–Kier alpha value is 0.690. The third-order valence-electron chi connectivity index (χ3n) is 0.887. The molecule has 0 aromatic heterocycles. The van der Waals surface area contributed by atoms with E-state index in [0.717, 1.165) is 0 Å². The molecule has 0 fully saturated rings. The summed E-state index contributed by atoms with van der Waals surface area (Å²) in [5.74, 6) is 0. The van der Waals surface area contributed by atoms with Crippen molar-refractivity contribution in [2.45, 2.75) is 0 Å². The summed E-state index contributed by atoms with van der Waals surface area (Å²) in [6.07, 6.45) is 0. The molecule has 0 rings (SSSR count). The lowest BCUT2D eigenvalue weighted by Gasteiger charge is -2.13. The standard InChI is InChI=1S/C6H20N3P3/c1-10(2)8-12(5,6)9-11(3,4)7/h7,10H,1-6H3. The van der Waals surface area contributed by atoms with Crippen LogP contribution in [-0.2, 0) is 0 Å². The van der Waals surface area contributed by atoms with Crippen LogP contribution >= 0.6 is 22.1 Å². The Morgan fingerprint density at radius 1 is 1.08 bits per heavy atom. The molecule has 0 unspecified atom stereocenters. The number of rotatable bonds is 2. The van der Waals surface area contributed by atoms with E-state index in [-0.39, 0.29) is 0 Å². The molecule has 0 aliphatic carbocycles. The summed E-state index contributed by atoms with van der Waals surface area (Å²) in [5.41, 5.74) is 0. The minimum atomic E-state index is -1.75. The number of nitrogens with one attached hydrogen (secondary N) is 1. The molecule has 0 saturated carbocycles. The molecule has 12 heavy (non-hydrogen) atoms. The SMILES string of the molecule is C[PH](C)=NP(C)(C)=NP(C)(C)=N. The van der Waals surface area contributed by atoms with Crippen molar-refractivity contribution in [3.63, 3.8) is 0 Å². The van der Waals surface area contributed by atoms with Gasteiger partial charge in [0, 0.05) is 0 Å². The van der Waals surface area contributed by atoms with Gasteiger partial charge in [0.1, 0.15) is 0 Å². The van der Waals surface area contributed by atoms with Crippen molar-refractivity contribution in [1.29, 1.82) is 5.16 Å². The van der Waals surface area contributed by atoms with Gasteiger partial charge in [0.15, 0.2) is 0 Å². The molecule has 0 saturated heterocycles. The first kappa shape index (κ1) is 12.7. The van der Waals surface area contributed by atoms with E-state index >= 15 is 0 Å². The van der Waals surface area contributed by atoms with E-state index in [4.69, 9.17) is 5.16 Å². The maximum atomic E-state index is 7.76. The zero-order valence-corrected chi connectivity index (χ0v) is 11.6. The molecule has 0 spiro atoms. The van der Waals surface area contributed by atoms with Gasteiger partial charge in [-0.05, 0) is 47.7 Å². The summed E-state index contributed by atoms with van der Waals surface area (Å²) in [6.45, 7) is 12.4. The molecule has 0 aliphatic heterocycles. The fourth-order valence-corrected chi connectivity index (χ4v) is 9.87. The normalized spacial score (nSPS) is 13.2. The molecular formula is C6H20N3P3. The summed E-state index contributed by atoms with van der Waals surface area (Å²) in [6, 6.07) is 0. The van der Waals surface area contributed by atoms with Gasteiger partial charge in [0.2, 0.25) is 0 Å². The van der Waals surface area contributed by atoms with Crippen LogP contribution in [0.15, 0.2) is 9.03 Å².